The first-order valence-corrected chi connectivity index (χ1v) is 18.0. The second kappa shape index (κ2) is 15.1. The van der Waals surface area contributed by atoms with Gasteiger partial charge >= 0.3 is 0 Å². The van der Waals surface area contributed by atoms with Gasteiger partial charge in [0.15, 0.2) is 16.6 Å². The van der Waals surface area contributed by atoms with Gasteiger partial charge in [-0.15, -0.1) is 0 Å². The molecule has 0 unspecified atom stereocenters. The highest BCUT2D eigenvalue weighted by molar-refractivity contribution is 6.84. The molecule has 4 N–H and O–H groups in total. The quantitative estimate of drug-likeness (QED) is 0.156. The monoisotopic (exact) mass is 482 g/mol. The summed E-state index contributed by atoms with van der Waals surface area (Å²) in [5.41, 5.74) is -1.07. The van der Waals surface area contributed by atoms with Crippen LogP contribution in [0.2, 0.25) is 38.3 Å². The van der Waals surface area contributed by atoms with Crippen molar-refractivity contribution < 1.29 is 34.0 Å². The Morgan fingerprint density at radius 2 is 0.935 bits per heavy atom. The van der Waals surface area contributed by atoms with Crippen molar-refractivity contribution >= 4 is 16.6 Å². The molecule has 0 bridgehead atoms. The third-order valence-corrected chi connectivity index (χ3v) is 13.9. The van der Waals surface area contributed by atoms with Gasteiger partial charge in [-0.2, -0.15) is 0 Å². The first kappa shape index (κ1) is 31.2. The first-order chi connectivity index (χ1) is 14.5. The van der Waals surface area contributed by atoms with Crippen molar-refractivity contribution in [3.05, 3.63) is 0 Å². The van der Waals surface area contributed by atoms with Crippen LogP contribution in [0, 0.1) is 10.8 Å². The van der Waals surface area contributed by atoms with E-state index < -0.39 is 27.5 Å². The molecular formula is C22H50O7Si2. The summed E-state index contributed by atoms with van der Waals surface area (Å²) in [6.07, 6.45) is 3.22. The van der Waals surface area contributed by atoms with E-state index in [-0.39, 0.29) is 26.4 Å². The zero-order valence-corrected chi connectivity index (χ0v) is 22.9. The lowest BCUT2D eigenvalue weighted by molar-refractivity contribution is -0.0298. The van der Waals surface area contributed by atoms with Crippen molar-refractivity contribution in [2.75, 3.05) is 52.9 Å². The summed E-state index contributed by atoms with van der Waals surface area (Å²) in [6.45, 7) is 14.7. The van der Waals surface area contributed by atoms with Gasteiger partial charge in [0.1, 0.15) is 0 Å². The predicted octanol–water partition coefficient (Wildman–Crippen LogP) is 2.99. The molecule has 0 fully saturated rings. The number of ether oxygens (including phenoxy) is 2. The summed E-state index contributed by atoms with van der Waals surface area (Å²) in [7, 11) is -3.60. The lowest BCUT2D eigenvalue weighted by Crippen LogP contribution is -2.44. The maximum Gasteiger partial charge on any atom is 0.173 e. The van der Waals surface area contributed by atoms with Gasteiger partial charge in [0, 0.05) is 24.0 Å². The molecule has 31 heavy (non-hydrogen) atoms. The van der Waals surface area contributed by atoms with E-state index in [9.17, 15) is 20.4 Å². The molecule has 0 saturated heterocycles. The minimum Gasteiger partial charge on any atom is -0.455 e. The third-order valence-electron chi connectivity index (χ3n) is 6.35. The summed E-state index contributed by atoms with van der Waals surface area (Å²) in [5, 5.41) is 38.0. The Morgan fingerprint density at radius 3 is 1.19 bits per heavy atom. The molecular weight excluding hydrogens is 432 g/mol. The van der Waals surface area contributed by atoms with Crippen LogP contribution in [0.3, 0.4) is 0 Å². The molecule has 0 heterocycles. The summed E-state index contributed by atoms with van der Waals surface area (Å²) < 4.78 is 18.2. The Labute approximate surface area is 192 Å². The Kier molecular flexibility index (Phi) is 15.2. The highest BCUT2D eigenvalue weighted by atomic mass is 28.4. The van der Waals surface area contributed by atoms with Gasteiger partial charge in [-0.05, 0) is 64.0 Å². The standard InChI is InChI=1S/C22H50O7Si2/c1-7-21(15-23,16-24)19-27-11-9-13-30(3,4)29-31(5,6)14-10-12-28-20-22(8-2,17-25)18-26/h23-26H,7-20H2,1-6H3. The third kappa shape index (κ3) is 12.3. The molecule has 9 heteroatoms. The zero-order valence-electron chi connectivity index (χ0n) is 20.9. The average molecular weight is 483 g/mol. The Balaban J connectivity index is 4.23. The normalized spacial score (nSPS) is 13.7. The Hall–Kier alpha value is 0.154. The molecule has 188 valence electrons. The van der Waals surface area contributed by atoms with Gasteiger partial charge in [0.05, 0.1) is 39.6 Å². The van der Waals surface area contributed by atoms with Crippen LogP contribution in [0.25, 0.3) is 0 Å². The molecule has 0 amide bonds. The van der Waals surface area contributed by atoms with Gasteiger partial charge in [-0.25, -0.2) is 0 Å². The fraction of sp³-hybridized carbons (Fsp3) is 1.00. The van der Waals surface area contributed by atoms with E-state index in [1.807, 2.05) is 13.8 Å². The van der Waals surface area contributed by atoms with Gasteiger partial charge < -0.3 is 34.0 Å². The van der Waals surface area contributed by atoms with Crippen molar-refractivity contribution in [2.24, 2.45) is 10.8 Å². The number of hydrogen-bond acceptors (Lipinski definition) is 7. The van der Waals surface area contributed by atoms with Gasteiger partial charge in [0.2, 0.25) is 0 Å². The van der Waals surface area contributed by atoms with Crippen LogP contribution in [-0.2, 0) is 13.6 Å². The average Bonchev–Trinajstić information content (AvgIpc) is 2.73. The molecule has 0 spiro atoms. The molecule has 0 aromatic rings. The lowest BCUT2D eigenvalue weighted by atomic mass is 9.88. The maximum atomic E-state index is 9.49. The summed E-state index contributed by atoms with van der Waals surface area (Å²) in [6, 6.07) is 2.03. The van der Waals surface area contributed by atoms with Crippen LogP contribution >= 0.6 is 0 Å². The molecule has 0 atom stereocenters. The fourth-order valence-corrected chi connectivity index (χ4v) is 12.4. The molecule has 0 saturated carbocycles. The van der Waals surface area contributed by atoms with Crippen LogP contribution in [0.5, 0.6) is 0 Å². The van der Waals surface area contributed by atoms with Gasteiger partial charge in [-0.3, -0.25) is 0 Å². The van der Waals surface area contributed by atoms with E-state index in [0.717, 1.165) is 24.9 Å². The smallest absolute Gasteiger partial charge is 0.173 e. The van der Waals surface area contributed by atoms with E-state index >= 15 is 0 Å². The summed E-state index contributed by atoms with van der Waals surface area (Å²) in [4.78, 5) is 0. The SMILES string of the molecule is CCC(CO)(CO)COCCC[Si](C)(C)O[Si](C)(C)CCCOCC(CC)(CO)CO. The maximum absolute atomic E-state index is 9.49. The summed E-state index contributed by atoms with van der Waals surface area (Å²) in [5.74, 6) is 0. The van der Waals surface area contributed by atoms with E-state index in [0.29, 0.717) is 39.3 Å². The van der Waals surface area contributed by atoms with Crippen molar-refractivity contribution in [3.8, 4) is 0 Å². The van der Waals surface area contributed by atoms with E-state index in [1.54, 1.807) is 0 Å². The predicted molar refractivity (Wildman–Crippen MR) is 130 cm³/mol. The second-order valence-electron chi connectivity index (χ2n) is 10.3. The van der Waals surface area contributed by atoms with E-state index in [1.165, 1.54) is 0 Å². The van der Waals surface area contributed by atoms with Crippen molar-refractivity contribution in [2.45, 2.75) is 77.8 Å². The van der Waals surface area contributed by atoms with Crippen molar-refractivity contribution in [1.82, 2.24) is 0 Å². The first-order valence-electron chi connectivity index (χ1n) is 11.8. The van der Waals surface area contributed by atoms with Crippen LogP contribution in [0.15, 0.2) is 0 Å². The van der Waals surface area contributed by atoms with Crippen LogP contribution in [-0.4, -0.2) is 89.9 Å². The minimum absolute atomic E-state index is 0.0632. The van der Waals surface area contributed by atoms with Crippen molar-refractivity contribution in [3.63, 3.8) is 0 Å². The molecule has 0 rings (SSSR count). The molecule has 0 aromatic carbocycles. The lowest BCUT2D eigenvalue weighted by Gasteiger charge is -2.34. The van der Waals surface area contributed by atoms with Crippen molar-refractivity contribution in [1.29, 1.82) is 0 Å². The van der Waals surface area contributed by atoms with E-state index in [2.05, 4.69) is 26.2 Å². The number of rotatable bonds is 20. The van der Waals surface area contributed by atoms with E-state index in [4.69, 9.17) is 13.6 Å². The van der Waals surface area contributed by atoms with Gasteiger partial charge in [-0.1, -0.05) is 13.8 Å². The van der Waals surface area contributed by atoms with Crippen LogP contribution < -0.4 is 0 Å². The molecule has 7 nitrogen and oxygen atoms in total. The second-order valence-corrected chi connectivity index (χ2v) is 19.1. The Morgan fingerprint density at radius 1 is 0.613 bits per heavy atom. The van der Waals surface area contributed by atoms with Gasteiger partial charge in [0.25, 0.3) is 0 Å². The molecule has 0 radical (unpaired) electrons. The zero-order chi connectivity index (χ0) is 24.0. The highest BCUT2D eigenvalue weighted by Crippen LogP contribution is 2.25. The molecule has 0 aliphatic heterocycles. The number of aliphatic hydroxyl groups is 4. The van der Waals surface area contributed by atoms with Crippen LogP contribution in [0.1, 0.15) is 39.5 Å². The topological polar surface area (TPSA) is 109 Å². The number of aliphatic hydroxyl groups excluding tert-OH is 4. The Bertz CT molecular complexity index is 397. The molecule has 0 aromatic heterocycles. The fourth-order valence-electron chi connectivity index (χ4n) is 3.56. The number of hydrogen-bond donors (Lipinski definition) is 4. The van der Waals surface area contributed by atoms with Crippen LogP contribution in [0.4, 0.5) is 0 Å². The highest BCUT2D eigenvalue weighted by Gasteiger charge is 2.33. The molecule has 0 aliphatic rings. The summed E-state index contributed by atoms with van der Waals surface area (Å²) >= 11 is 0. The largest absolute Gasteiger partial charge is 0.455 e. The molecule has 0 aliphatic carbocycles. The minimum atomic E-state index is -1.80.